The van der Waals surface area contributed by atoms with Gasteiger partial charge in [-0.15, -0.1) is 24.8 Å². The summed E-state index contributed by atoms with van der Waals surface area (Å²) in [5.41, 5.74) is 9.60. The molecular weight excluding hydrogens is 623 g/mol. The van der Waals surface area contributed by atoms with Gasteiger partial charge in [0, 0.05) is 0 Å². The zero-order valence-corrected chi connectivity index (χ0v) is 29.0. The molecule has 0 N–H and O–H groups in total. The Labute approximate surface area is 256 Å². The maximum absolute atomic E-state index is 3.39. The van der Waals surface area contributed by atoms with Gasteiger partial charge in [0.15, 0.2) is 0 Å². The SMILES string of the molecule is CC[SiH2][Zr]([C]1=C(C)Cc2ccc3ccccc3c21)([C]1=C(C)Cc2ccc3ccccc3c21)[c]1ccccc1.Cl.Cl. The Balaban J connectivity index is 0.00000161. The minimum Gasteiger partial charge on any atom is -0.147 e. The van der Waals surface area contributed by atoms with Gasteiger partial charge in [0.05, 0.1) is 0 Å². The molecule has 0 saturated carbocycles. The molecule has 0 nitrogen and oxygen atoms in total. The Hall–Kier alpha value is -2.22. The van der Waals surface area contributed by atoms with E-state index in [0.29, 0.717) is 0 Å². The fraction of sp³-hybridized carbons (Fsp3) is 0.167. The maximum Gasteiger partial charge on any atom is -0.147 e. The first kappa shape index (κ1) is 29.3. The molecule has 5 aromatic rings. The third-order valence-corrected chi connectivity index (χ3v) is 36.9. The molecule has 0 bridgehead atoms. The Morgan fingerprint density at radius 3 is 1.50 bits per heavy atom. The molecule has 4 heteroatoms. The van der Waals surface area contributed by atoms with E-state index >= 15 is 0 Å². The van der Waals surface area contributed by atoms with Crippen molar-refractivity contribution in [3.8, 4) is 0 Å². The number of allylic oxidation sites excluding steroid dienone is 2. The van der Waals surface area contributed by atoms with Gasteiger partial charge in [-0.3, -0.25) is 0 Å². The minimum atomic E-state index is -3.39. The molecule has 0 heterocycles. The van der Waals surface area contributed by atoms with Crippen LogP contribution in [-0.4, -0.2) is 6.65 Å². The molecule has 7 rings (SSSR count). The summed E-state index contributed by atoms with van der Waals surface area (Å²) >= 11 is -3.39. The third-order valence-electron chi connectivity index (χ3n) is 9.04. The molecule has 0 fully saturated rings. The Morgan fingerprint density at radius 2 is 1.02 bits per heavy atom. The molecule has 0 radical (unpaired) electrons. The van der Waals surface area contributed by atoms with Crippen molar-refractivity contribution < 1.29 is 19.4 Å². The number of fused-ring (bicyclic) bond motifs is 6. The molecule has 40 heavy (non-hydrogen) atoms. The molecule has 0 spiro atoms. The van der Waals surface area contributed by atoms with Gasteiger partial charge >= 0.3 is 234 Å². The summed E-state index contributed by atoms with van der Waals surface area (Å²) in [7, 11) is 0. The predicted molar refractivity (Wildman–Crippen MR) is 180 cm³/mol. The molecule has 2 aliphatic carbocycles. The van der Waals surface area contributed by atoms with Crippen molar-refractivity contribution in [2.24, 2.45) is 0 Å². The zero-order chi connectivity index (χ0) is 25.9. The van der Waals surface area contributed by atoms with Gasteiger partial charge in [-0.2, -0.15) is 0 Å². The first-order valence-electron chi connectivity index (χ1n) is 14.1. The largest absolute Gasteiger partial charge is 0.147 e. The fourth-order valence-electron chi connectivity index (χ4n) is 7.75. The van der Waals surface area contributed by atoms with Crippen LogP contribution in [-0.2, 0) is 32.3 Å². The maximum atomic E-state index is 2.52. The second-order valence-electron chi connectivity index (χ2n) is 11.3. The summed E-state index contributed by atoms with van der Waals surface area (Å²) in [4.78, 5) is 0. The van der Waals surface area contributed by atoms with Crippen molar-refractivity contribution in [1.82, 2.24) is 0 Å². The minimum absolute atomic E-state index is 0. The van der Waals surface area contributed by atoms with Crippen molar-refractivity contribution >= 4 is 62.8 Å². The Bertz CT molecular complexity index is 1690. The van der Waals surface area contributed by atoms with Crippen LogP contribution in [0.3, 0.4) is 0 Å². The quantitative estimate of drug-likeness (QED) is 0.165. The van der Waals surface area contributed by atoms with E-state index in [2.05, 4.69) is 124 Å². The third kappa shape index (κ3) is 4.35. The van der Waals surface area contributed by atoms with Crippen LogP contribution in [0, 0.1) is 0 Å². The molecule has 0 aliphatic heterocycles. The van der Waals surface area contributed by atoms with Gasteiger partial charge in [-0.25, -0.2) is 0 Å². The van der Waals surface area contributed by atoms with Crippen LogP contribution >= 0.6 is 24.8 Å². The second-order valence-corrected chi connectivity index (χ2v) is 31.1. The van der Waals surface area contributed by atoms with Crippen LogP contribution in [0.2, 0.25) is 6.04 Å². The first-order chi connectivity index (χ1) is 18.6. The standard InChI is InChI=1S/2C14H11.C6H5.C2H7Si.2ClH.Zr/c2*1-10-8-12-7-6-11-4-2-3-5-13(11)14(12)9-10;1-2-4-6-5-3-1;1-2-3;;;/h2*2-7H,8H2,1H3;1-5H;2-3H2,1H3;2*1H;. The van der Waals surface area contributed by atoms with Crippen LogP contribution in [0.1, 0.15) is 43.0 Å². The summed E-state index contributed by atoms with van der Waals surface area (Å²) in [6.45, 7) is 7.01. The van der Waals surface area contributed by atoms with Crippen molar-refractivity contribution in [3.05, 3.63) is 137 Å². The van der Waals surface area contributed by atoms with Crippen LogP contribution in [0.5, 0.6) is 0 Å². The molecule has 0 amide bonds. The van der Waals surface area contributed by atoms with Crippen LogP contribution in [0.15, 0.2) is 114 Å². The van der Waals surface area contributed by atoms with Crippen molar-refractivity contribution in [1.29, 1.82) is 0 Å². The Morgan fingerprint density at radius 1 is 0.575 bits per heavy atom. The fourth-order valence-corrected chi connectivity index (χ4v) is 39.2. The topological polar surface area (TPSA) is 0 Å². The molecular formula is C36H36Cl2SiZr. The predicted octanol–water partition coefficient (Wildman–Crippen LogP) is 9.11. The number of hydrogen-bond donors (Lipinski definition) is 0. The molecule has 0 aromatic heterocycles. The monoisotopic (exact) mass is 656 g/mol. The molecule has 202 valence electrons. The number of halogens is 2. The summed E-state index contributed by atoms with van der Waals surface area (Å²) in [5.74, 6) is 0. The second kappa shape index (κ2) is 11.6. The molecule has 5 aromatic carbocycles. The smallest absolute Gasteiger partial charge is 0.147 e. The van der Waals surface area contributed by atoms with E-state index in [9.17, 15) is 0 Å². The average Bonchev–Trinajstić information content (AvgIpc) is 3.49. The van der Waals surface area contributed by atoms with Crippen LogP contribution in [0.25, 0.3) is 28.1 Å². The van der Waals surface area contributed by atoms with Crippen molar-refractivity contribution in [3.63, 3.8) is 0 Å². The molecule has 0 unspecified atom stereocenters. The molecule has 0 saturated heterocycles. The zero-order valence-electron chi connectivity index (χ0n) is 23.5. The van der Waals surface area contributed by atoms with Gasteiger partial charge < -0.3 is 0 Å². The van der Waals surface area contributed by atoms with Gasteiger partial charge in [-0.05, 0) is 0 Å². The van der Waals surface area contributed by atoms with E-state index < -0.39 is 26.1 Å². The molecule has 2 aliphatic rings. The number of hydrogen-bond acceptors (Lipinski definition) is 0. The van der Waals surface area contributed by atoms with E-state index in [1.54, 1.807) is 36.7 Å². The average molecular weight is 659 g/mol. The van der Waals surface area contributed by atoms with Crippen LogP contribution in [0.4, 0.5) is 0 Å². The number of benzene rings is 5. The van der Waals surface area contributed by atoms with E-state index in [1.165, 1.54) is 27.6 Å². The van der Waals surface area contributed by atoms with Gasteiger partial charge in [0.2, 0.25) is 0 Å². The normalized spacial score (nSPS) is 14.6. The molecule has 0 atom stereocenters. The van der Waals surface area contributed by atoms with Gasteiger partial charge in [0.1, 0.15) is 0 Å². The van der Waals surface area contributed by atoms with Crippen molar-refractivity contribution in [2.45, 2.75) is 39.7 Å². The first-order valence-corrected chi connectivity index (χ1v) is 24.7. The van der Waals surface area contributed by atoms with E-state index in [0.717, 1.165) is 12.8 Å². The summed E-state index contributed by atoms with van der Waals surface area (Å²) in [6.07, 6.45) is 2.21. The summed E-state index contributed by atoms with van der Waals surface area (Å²) in [5, 5.41) is 5.70. The summed E-state index contributed by atoms with van der Waals surface area (Å²) < 4.78 is 5.34. The van der Waals surface area contributed by atoms with E-state index in [-0.39, 0.29) is 24.8 Å². The van der Waals surface area contributed by atoms with Crippen LogP contribution < -0.4 is 3.27 Å². The van der Waals surface area contributed by atoms with E-state index in [1.807, 2.05) is 6.56 Å². The summed E-state index contributed by atoms with van der Waals surface area (Å²) in [6, 6.07) is 41.1. The van der Waals surface area contributed by atoms with E-state index in [4.69, 9.17) is 0 Å². The van der Waals surface area contributed by atoms with Crippen molar-refractivity contribution in [2.75, 3.05) is 0 Å². The number of rotatable bonds is 5. The Kier molecular flexibility index (Phi) is 8.47. The van der Waals surface area contributed by atoms with Gasteiger partial charge in [-0.1, -0.05) is 0 Å². The van der Waals surface area contributed by atoms with Gasteiger partial charge in [0.25, 0.3) is 0 Å².